The number of urea groups is 1. The second-order valence-electron chi connectivity index (χ2n) is 5.62. The number of nitrogens with one attached hydrogen (secondary N) is 1. The molecule has 0 radical (unpaired) electrons. The van der Waals surface area contributed by atoms with Crippen LogP contribution in [0, 0.1) is 0 Å². The van der Waals surface area contributed by atoms with Gasteiger partial charge in [-0.1, -0.05) is 59.6 Å². The second kappa shape index (κ2) is 7.88. The summed E-state index contributed by atoms with van der Waals surface area (Å²) < 4.78 is 5.78. The van der Waals surface area contributed by atoms with E-state index < -0.39 is 0 Å². The van der Waals surface area contributed by atoms with E-state index in [1.165, 1.54) is 0 Å². The predicted molar refractivity (Wildman–Crippen MR) is 95.4 cm³/mol. The van der Waals surface area contributed by atoms with Gasteiger partial charge >= 0.3 is 6.03 Å². The number of ether oxygens (including phenoxy) is 1. The van der Waals surface area contributed by atoms with Crippen molar-refractivity contribution in [1.82, 2.24) is 10.2 Å². The molecule has 2 aromatic carbocycles. The Bertz CT molecular complexity index is 709. The highest BCUT2D eigenvalue weighted by Gasteiger charge is 2.26. The summed E-state index contributed by atoms with van der Waals surface area (Å²) in [5.74, 6) is 0. The quantitative estimate of drug-likeness (QED) is 0.882. The molecule has 1 heterocycles. The van der Waals surface area contributed by atoms with Gasteiger partial charge in [0.25, 0.3) is 0 Å². The zero-order chi connectivity index (χ0) is 16.9. The van der Waals surface area contributed by atoms with Crippen LogP contribution in [0.1, 0.15) is 17.2 Å². The minimum atomic E-state index is -0.244. The van der Waals surface area contributed by atoms with Crippen molar-refractivity contribution >= 4 is 29.2 Å². The van der Waals surface area contributed by atoms with Crippen molar-refractivity contribution < 1.29 is 9.53 Å². The number of nitrogens with zero attached hydrogens (tertiary/aromatic N) is 1. The molecule has 1 fully saturated rings. The molecule has 4 nitrogen and oxygen atoms in total. The molecule has 0 spiro atoms. The van der Waals surface area contributed by atoms with Crippen molar-refractivity contribution in [2.24, 2.45) is 0 Å². The van der Waals surface area contributed by atoms with Crippen LogP contribution in [0.2, 0.25) is 10.0 Å². The van der Waals surface area contributed by atoms with Gasteiger partial charge in [-0.2, -0.15) is 0 Å². The van der Waals surface area contributed by atoms with Gasteiger partial charge in [-0.05, 0) is 17.7 Å². The fourth-order valence-electron chi connectivity index (χ4n) is 2.67. The molecule has 24 heavy (non-hydrogen) atoms. The monoisotopic (exact) mass is 364 g/mol. The van der Waals surface area contributed by atoms with Crippen LogP contribution in [-0.4, -0.2) is 30.6 Å². The highest BCUT2D eigenvalue weighted by atomic mass is 35.5. The fourth-order valence-corrected chi connectivity index (χ4v) is 3.20. The van der Waals surface area contributed by atoms with Crippen molar-refractivity contribution in [1.29, 1.82) is 0 Å². The SMILES string of the molecule is O=C(NCc1ccccc1)N1CCOC(c2ccc(Cl)cc2Cl)C1. The number of hydrogen-bond acceptors (Lipinski definition) is 2. The molecule has 1 aliphatic heterocycles. The van der Waals surface area contributed by atoms with Crippen LogP contribution in [0.25, 0.3) is 0 Å². The normalized spacial score (nSPS) is 17.6. The number of hydrogen-bond donors (Lipinski definition) is 1. The number of morpholine rings is 1. The maximum atomic E-state index is 12.4. The van der Waals surface area contributed by atoms with E-state index >= 15 is 0 Å². The number of rotatable bonds is 3. The van der Waals surface area contributed by atoms with Crippen molar-refractivity contribution in [2.45, 2.75) is 12.6 Å². The molecule has 0 aliphatic carbocycles. The Morgan fingerprint density at radius 2 is 2.00 bits per heavy atom. The van der Waals surface area contributed by atoms with Gasteiger partial charge in [0.1, 0.15) is 6.10 Å². The van der Waals surface area contributed by atoms with Gasteiger partial charge in [-0.25, -0.2) is 4.79 Å². The first-order valence-corrected chi connectivity index (χ1v) is 8.52. The molecule has 1 aliphatic rings. The number of carbonyl (C=O) groups is 1. The molecule has 1 saturated heterocycles. The number of amides is 2. The lowest BCUT2D eigenvalue weighted by molar-refractivity contribution is -0.0154. The molecule has 2 aromatic rings. The van der Waals surface area contributed by atoms with Crippen LogP contribution in [0.5, 0.6) is 0 Å². The van der Waals surface area contributed by atoms with Crippen molar-refractivity contribution in [3.8, 4) is 0 Å². The van der Waals surface area contributed by atoms with Crippen LogP contribution in [0.3, 0.4) is 0 Å². The molecule has 1 atom stereocenters. The first-order chi connectivity index (χ1) is 11.6. The highest BCUT2D eigenvalue weighted by molar-refractivity contribution is 6.35. The summed E-state index contributed by atoms with van der Waals surface area (Å²) in [5.41, 5.74) is 1.91. The molecule has 6 heteroatoms. The van der Waals surface area contributed by atoms with Gasteiger partial charge in [0.15, 0.2) is 0 Å². The van der Waals surface area contributed by atoms with E-state index in [-0.39, 0.29) is 12.1 Å². The van der Waals surface area contributed by atoms with Gasteiger partial charge in [0.05, 0.1) is 13.2 Å². The summed E-state index contributed by atoms with van der Waals surface area (Å²) in [6.07, 6.45) is -0.244. The third kappa shape index (κ3) is 4.20. The lowest BCUT2D eigenvalue weighted by atomic mass is 10.1. The summed E-state index contributed by atoms with van der Waals surface area (Å²) in [7, 11) is 0. The van der Waals surface area contributed by atoms with Crippen LogP contribution in [0.15, 0.2) is 48.5 Å². The van der Waals surface area contributed by atoms with Gasteiger partial charge < -0.3 is 15.0 Å². The van der Waals surface area contributed by atoms with Crippen LogP contribution >= 0.6 is 23.2 Å². The van der Waals surface area contributed by atoms with Crippen molar-refractivity contribution in [3.05, 3.63) is 69.7 Å². The molecule has 0 bridgehead atoms. The van der Waals surface area contributed by atoms with Crippen LogP contribution in [-0.2, 0) is 11.3 Å². The largest absolute Gasteiger partial charge is 0.370 e. The van der Waals surface area contributed by atoms with E-state index in [0.717, 1.165) is 11.1 Å². The Morgan fingerprint density at radius 1 is 1.21 bits per heavy atom. The van der Waals surface area contributed by atoms with Crippen LogP contribution in [0.4, 0.5) is 4.79 Å². The number of halogens is 2. The zero-order valence-electron chi connectivity index (χ0n) is 13.0. The standard InChI is InChI=1S/C18H18Cl2N2O2/c19-14-6-7-15(16(20)10-14)17-12-22(8-9-24-17)18(23)21-11-13-4-2-1-3-5-13/h1-7,10,17H,8-9,11-12H2,(H,21,23). The van der Waals surface area contributed by atoms with Gasteiger partial charge in [-0.15, -0.1) is 0 Å². The Labute approximate surface area is 151 Å². The minimum absolute atomic E-state index is 0.0998. The molecule has 1 N–H and O–H groups in total. The van der Waals surface area contributed by atoms with Gasteiger partial charge in [0, 0.05) is 28.7 Å². The summed E-state index contributed by atoms with van der Waals surface area (Å²) >= 11 is 12.2. The molecular weight excluding hydrogens is 347 g/mol. The van der Waals surface area contributed by atoms with Crippen LogP contribution < -0.4 is 5.32 Å². The number of benzene rings is 2. The van der Waals surface area contributed by atoms with Crippen molar-refractivity contribution in [3.63, 3.8) is 0 Å². The Morgan fingerprint density at radius 3 is 2.75 bits per heavy atom. The maximum absolute atomic E-state index is 12.4. The Hall–Kier alpha value is -1.75. The predicted octanol–water partition coefficient (Wildman–Crippen LogP) is 4.28. The van der Waals surface area contributed by atoms with Crippen molar-refractivity contribution in [2.75, 3.05) is 19.7 Å². The molecule has 3 rings (SSSR count). The van der Waals surface area contributed by atoms with Gasteiger partial charge in [0.2, 0.25) is 0 Å². The summed E-state index contributed by atoms with van der Waals surface area (Å²) in [6, 6.07) is 15.0. The lowest BCUT2D eigenvalue weighted by Crippen LogP contribution is -2.47. The second-order valence-corrected chi connectivity index (χ2v) is 6.46. The third-order valence-electron chi connectivity index (χ3n) is 3.95. The maximum Gasteiger partial charge on any atom is 0.317 e. The average Bonchev–Trinajstić information content (AvgIpc) is 2.60. The van der Waals surface area contributed by atoms with E-state index in [2.05, 4.69) is 5.32 Å². The molecule has 126 valence electrons. The summed E-state index contributed by atoms with van der Waals surface area (Å²) in [5, 5.41) is 4.08. The smallest absolute Gasteiger partial charge is 0.317 e. The average molecular weight is 365 g/mol. The van der Waals surface area contributed by atoms with E-state index in [1.807, 2.05) is 36.4 Å². The minimum Gasteiger partial charge on any atom is -0.370 e. The van der Waals surface area contributed by atoms with Gasteiger partial charge in [-0.3, -0.25) is 0 Å². The molecule has 0 aromatic heterocycles. The zero-order valence-corrected chi connectivity index (χ0v) is 14.6. The van der Waals surface area contributed by atoms with E-state index in [1.54, 1.807) is 17.0 Å². The Kier molecular flexibility index (Phi) is 5.61. The Balaban J connectivity index is 1.61. The first kappa shape index (κ1) is 17.1. The summed E-state index contributed by atoms with van der Waals surface area (Å²) in [6.45, 7) is 2.00. The fraction of sp³-hybridized carbons (Fsp3) is 0.278. The lowest BCUT2D eigenvalue weighted by Gasteiger charge is -2.33. The summed E-state index contributed by atoms with van der Waals surface area (Å²) in [4.78, 5) is 14.1. The van der Waals surface area contributed by atoms with E-state index in [9.17, 15) is 4.79 Å². The molecule has 1 unspecified atom stereocenters. The molecule has 2 amide bonds. The van der Waals surface area contributed by atoms with E-state index in [4.69, 9.17) is 27.9 Å². The first-order valence-electron chi connectivity index (χ1n) is 7.77. The van der Waals surface area contributed by atoms with E-state index in [0.29, 0.717) is 36.3 Å². The highest BCUT2D eigenvalue weighted by Crippen LogP contribution is 2.30. The topological polar surface area (TPSA) is 41.6 Å². The molecular formula is C18H18Cl2N2O2. The third-order valence-corrected chi connectivity index (χ3v) is 4.51. The molecule has 0 saturated carbocycles. The number of carbonyl (C=O) groups excluding carboxylic acids is 1.